The summed E-state index contributed by atoms with van der Waals surface area (Å²) in [5.74, 6) is 0.561. The molecule has 0 N–H and O–H groups in total. The number of nitrogens with zero attached hydrogens (tertiary/aromatic N) is 3. The van der Waals surface area contributed by atoms with Crippen LogP contribution in [-0.2, 0) is 4.79 Å². The van der Waals surface area contributed by atoms with E-state index in [0.717, 1.165) is 39.3 Å². The third-order valence-corrected chi connectivity index (χ3v) is 5.13. The van der Waals surface area contributed by atoms with Crippen molar-refractivity contribution in [1.29, 1.82) is 0 Å². The smallest absolute Gasteiger partial charge is 0.263 e. The molecule has 1 amide bonds. The van der Waals surface area contributed by atoms with Gasteiger partial charge >= 0.3 is 0 Å². The number of likely N-dealkylation sites (N-methyl/N-ethyl adjacent to an activating group) is 1. The monoisotopic (exact) mass is 345 g/mol. The summed E-state index contributed by atoms with van der Waals surface area (Å²) in [4.78, 5) is 30.7. The summed E-state index contributed by atoms with van der Waals surface area (Å²) >= 11 is 0. The maximum Gasteiger partial charge on any atom is 0.263 e. The molecule has 0 unspecified atom stereocenters. The van der Waals surface area contributed by atoms with E-state index in [9.17, 15) is 9.59 Å². The van der Waals surface area contributed by atoms with Crippen LogP contribution in [0.25, 0.3) is 0 Å². The predicted molar refractivity (Wildman–Crippen MR) is 96.0 cm³/mol. The molecular weight excluding hydrogens is 318 g/mol. The molecule has 2 saturated heterocycles. The number of Topliss-reactive ketones (excluding diaryl/α,β-unsaturated/α-hetero) is 1. The minimum atomic E-state index is -0.546. The fourth-order valence-corrected chi connectivity index (χ4v) is 3.35. The van der Waals surface area contributed by atoms with Gasteiger partial charge in [-0.25, -0.2) is 0 Å². The molecule has 3 rings (SSSR count). The molecule has 0 aliphatic carbocycles. The standard InChI is InChI=1S/C19H27N3O3/c1-14(23)16-5-4-6-18(11-16)25-15(2)19(24)22-12-17(13-22)21-9-7-20(3)8-10-21/h4-6,11,15,17H,7-10,12-13H2,1-3H3/t15-/m0/s1. The van der Waals surface area contributed by atoms with E-state index in [1.54, 1.807) is 31.2 Å². The summed E-state index contributed by atoms with van der Waals surface area (Å²) < 4.78 is 5.75. The fourth-order valence-electron chi connectivity index (χ4n) is 3.35. The highest BCUT2D eigenvalue weighted by Gasteiger charge is 2.37. The number of piperazine rings is 1. The van der Waals surface area contributed by atoms with Crippen LogP contribution in [0.1, 0.15) is 24.2 Å². The molecule has 2 heterocycles. The first-order chi connectivity index (χ1) is 11.9. The van der Waals surface area contributed by atoms with Gasteiger partial charge in [-0.15, -0.1) is 0 Å². The third kappa shape index (κ3) is 4.19. The summed E-state index contributed by atoms with van der Waals surface area (Å²) in [6, 6.07) is 7.47. The highest BCUT2D eigenvalue weighted by atomic mass is 16.5. The second-order valence-electron chi connectivity index (χ2n) is 7.08. The summed E-state index contributed by atoms with van der Waals surface area (Å²) in [5.41, 5.74) is 0.594. The molecule has 2 aliphatic rings. The van der Waals surface area contributed by atoms with Gasteiger partial charge in [-0.1, -0.05) is 12.1 Å². The molecule has 1 aromatic rings. The lowest BCUT2D eigenvalue weighted by Crippen LogP contribution is -2.65. The maximum atomic E-state index is 12.5. The highest BCUT2D eigenvalue weighted by molar-refractivity contribution is 5.94. The minimum Gasteiger partial charge on any atom is -0.481 e. The van der Waals surface area contributed by atoms with Gasteiger partial charge < -0.3 is 14.5 Å². The van der Waals surface area contributed by atoms with Gasteiger partial charge in [0, 0.05) is 50.9 Å². The quantitative estimate of drug-likeness (QED) is 0.749. The maximum absolute atomic E-state index is 12.5. The summed E-state index contributed by atoms with van der Waals surface area (Å²) in [5, 5.41) is 0. The molecule has 136 valence electrons. The Kier molecular flexibility index (Phi) is 5.39. The van der Waals surface area contributed by atoms with Gasteiger partial charge in [0.05, 0.1) is 0 Å². The Morgan fingerprint density at radius 2 is 1.84 bits per heavy atom. The molecule has 0 aromatic heterocycles. The topological polar surface area (TPSA) is 53.1 Å². The van der Waals surface area contributed by atoms with Crippen molar-refractivity contribution in [3.05, 3.63) is 29.8 Å². The molecule has 2 aliphatic heterocycles. The number of rotatable bonds is 5. The Labute approximate surface area is 149 Å². The highest BCUT2D eigenvalue weighted by Crippen LogP contribution is 2.20. The number of likely N-dealkylation sites (tertiary alicyclic amines) is 1. The fraction of sp³-hybridized carbons (Fsp3) is 0.579. The lowest BCUT2D eigenvalue weighted by Gasteiger charge is -2.48. The molecule has 6 nitrogen and oxygen atoms in total. The second kappa shape index (κ2) is 7.54. The van der Waals surface area contributed by atoms with Crippen molar-refractivity contribution in [3.8, 4) is 5.75 Å². The van der Waals surface area contributed by atoms with E-state index in [1.165, 1.54) is 6.92 Å². The molecule has 25 heavy (non-hydrogen) atoms. The van der Waals surface area contributed by atoms with E-state index in [4.69, 9.17) is 4.74 Å². The van der Waals surface area contributed by atoms with Crippen molar-refractivity contribution >= 4 is 11.7 Å². The third-order valence-electron chi connectivity index (χ3n) is 5.13. The van der Waals surface area contributed by atoms with Gasteiger partial charge in [0.1, 0.15) is 5.75 Å². The van der Waals surface area contributed by atoms with Crippen LogP contribution in [0.15, 0.2) is 24.3 Å². The summed E-state index contributed by atoms with van der Waals surface area (Å²) in [6.45, 7) is 9.19. The molecule has 0 saturated carbocycles. The molecule has 0 bridgehead atoms. The molecule has 0 radical (unpaired) electrons. The molecule has 0 spiro atoms. The number of amides is 1. The Morgan fingerprint density at radius 1 is 1.16 bits per heavy atom. The van der Waals surface area contributed by atoms with Gasteiger partial charge in [0.2, 0.25) is 0 Å². The first-order valence-electron chi connectivity index (χ1n) is 8.93. The van der Waals surface area contributed by atoms with Crippen molar-refractivity contribution in [2.45, 2.75) is 26.0 Å². The molecule has 1 aromatic carbocycles. The molecule has 1 atom stereocenters. The normalized spacial score (nSPS) is 20.8. The molecule has 6 heteroatoms. The van der Waals surface area contributed by atoms with Crippen LogP contribution < -0.4 is 4.74 Å². The number of carbonyl (C=O) groups excluding carboxylic acids is 2. The Morgan fingerprint density at radius 3 is 2.48 bits per heavy atom. The van der Waals surface area contributed by atoms with Crippen LogP contribution in [0.2, 0.25) is 0 Å². The first-order valence-corrected chi connectivity index (χ1v) is 8.93. The van der Waals surface area contributed by atoms with Crippen LogP contribution >= 0.6 is 0 Å². The van der Waals surface area contributed by atoms with E-state index in [2.05, 4.69) is 16.8 Å². The van der Waals surface area contributed by atoms with Crippen molar-refractivity contribution in [3.63, 3.8) is 0 Å². The van der Waals surface area contributed by atoms with Gasteiger partial charge in [0.15, 0.2) is 11.9 Å². The van der Waals surface area contributed by atoms with Crippen molar-refractivity contribution in [2.75, 3.05) is 46.3 Å². The number of carbonyl (C=O) groups is 2. The van der Waals surface area contributed by atoms with E-state index in [0.29, 0.717) is 17.4 Å². The number of hydrogen-bond acceptors (Lipinski definition) is 5. The first kappa shape index (κ1) is 17.9. The number of ketones is 1. The zero-order valence-corrected chi connectivity index (χ0v) is 15.3. The van der Waals surface area contributed by atoms with Crippen LogP contribution in [-0.4, -0.2) is 84.9 Å². The van der Waals surface area contributed by atoms with Crippen LogP contribution in [0.4, 0.5) is 0 Å². The molecule has 2 fully saturated rings. The van der Waals surface area contributed by atoms with Crippen molar-refractivity contribution in [1.82, 2.24) is 14.7 Å². The SMILES string of the molecule is CC(=O)c1cccc(O[C@@H](C)C(=O)N2CC(N3CCN(C)CC3)C2)c1. The largest absolute Gasteiger partial charge is 0.481 e. The number of hydrogen-bond donors (Lipinski definition) is 0. The Hall–Kier alpha value is -1.92. The second-order valence-corrected chi connectivity index (χ2v) is 7.08. The lowest BCUT2D eigenvalue weighted by molar-refractivity contribution is -0.146. The lowest BCUT2D eigenvalue weighted by atomic mass is 10.0. The van der Waals surface area contributed by atoms with Crippen LogP contribution in [0.5, 0.6) is 5.75 Å². The minimum absolute atomic E-state index is 0.0119. The zero-order valence-electron chi connectivity index (χ0n) is 15.3. The molecular formula is C19H27N3O3. The van der Waals surface area contributed by atoms with Crippen molar-refractivity contribution in [2.24, 2.45) is 0 Å². The van der Waals surface area contributed by atoms with Gasteiger partial charge in [-0.3, -0.25) is 14.5 Å². The predicted octanol–water partition coefficient (Wildman–Crippen LogP) is 1.11. The Balaban J connectivity index is 1.49. The van der Waals surface area contributed by atoms with Crippen LogP contribution in [0.3, 0.4) is 0 Å². The Bertz CT molecular complexity index is 635. The van der Waals surface area contributed by atoms with E-state index >= 15 is 0 Å². The zero-order chi connectivity index (χ0) is 18.0. The summed E-state index contributed by atoms with van der Waals surface area (Å²) in [6.07, 6.45) is -0.546. The van der Waals surface area contributed by atoms with Crippen LogP contribution in [0, 0.1) is 0 Å². The van der Waals surface area contributed by atoms with Gasteiger partial charge in [-0.05, 0) is 33.0 Å². The average Bonchev–Trinajstić information content (AvgIpc) is 2.55. The number of ether oxygens (including phenoxy) is 1. The average molecular weight is 345 g/mol. The van der Waals surface area contributed by atoms with E-state index in [-0.39, 0.29) is 11.7 Å². The van der Waals surface area contributed by atoms with E-state index in [1.807, 2.05) is 4.90 Å². The van der Waals surface area contributed by atoms with E-state index < -0.39 is 6.10 Å². The number of benzene rings is 1. The van der Waals surface area contributed by atoms with Crippen molar-refractivity contribution < 1.29 is 14.3 Å². The van der Waals surface area contributed by atoms with Gasteiger partial charge in [0.25, 0.3) is 5.91 Å². The van der Waals surface area contributed by atoms with Gasteiger partial charge in [-0.2, -0.15) is 0 Å². The summed E-state index contributed by atoms with van der Waals surface area (Å²) in [7, 11) is 2.15.